The van der Waals surface area contributed by atoms with Crippen molar-refractivity contribution in [3.05, 3.63) is 48.6 Å². The number of allylic oxidation sites excluding steroid dienone is 8. The maximum Gasteiger partial charge on any atom is 0.326 e. The second-order valence-corrected chi connectivity index (χ2v) is 18.6. The lowest BCUT2D eigenvalue weighted by molar-refractivity contribution is -0.150. The number of hydrogen-bond donors (Lipinski definition) is 3. The first-order valence-electron chi connectivity index (χ1n) is 27.5. The Morgan fingerprint density at radius 3 is 1.30 bits per heavy atom. The summed E-state index contributed by atoms with van der Waals surface area (Å²) in [6.07, 6.45) is 64.7. The van der Waals surface area contributed by atoms with Crippen molar-refractivity contribution in [2.75, 3.05) is 6.54 Å². The van der Waals surface area contributed by atoms with Crippen molar-refractivity contribution in [3.8, 4) is 0 Å². The van der Waals surface area contributed by atoms with Gasteiger partial charge in [0.25, 0.3) is 0 Å². The summed E-state index contributed by atoms with van der Waals surface area (Å²) < 4.78 is 6.08. The number of carbonyl (C=O) groups is 3. The van der Waals surface area contributed by atoms with E-state index in [2.05, 4.69) is 67.8 Å². The van der Waals surface area contributed by atoms with Gasteiger partial charge in [-0.3, -0.25) is 9.59 Å². The molecule has 0 aromatic heterocycles. The van der Waals surface area contributed by atoms with Gasteiger partial charge in [0, 0.05) is 12.8 Å². The van der Waals surface area contributed by atoms with E-state index in [9.17, 15) is 19.5 Å². The van der Waals surface area contributed by atoms with Crippen LogP contribution in [0.25, 0.3) is 0 Å². The van der Waals surface area contributed by atoms with Crippen molar-refractivity contribution in [1.82, 2.24) is 5.32 Å². The molecule has 7 heteroatoms. The number of carboxylic acid groups (broad SMARTS) is 1. The van der Waals surface area contributed by atoms with Crippen LogP contribution in [0.15, 0.2) is 48.6 Å². The number of carboxylic acids is 1. The maximum atomic E-state index is 12.9. The molecule has 2 atom stereocenters. The molecule has 0 saturated heterocycles. The maximum absolute atomic E-state index is 12.9. The van der Waals surface area contributed by atoms with Gasteiger partial charge in [0.2, 0.25) is 5.91 Å². The molecule has 7 nitrogen and oxygen atoms in total. The van der Waals surface area contributed by atoms with Crippen molar-refractivity contribution in [2.45, 2.75) is 289 Å². The standard InChI is InChI=1S/C57H104N2O5/c1-3-5-7-9-11-13-15-17-19-20-21-22-23-24-25-26-28-30-32-34-36-41-45-51-56(61)64-53(47-42-38-35-33-31-29-27-18-16-14-12-10-8-6-4-2)48-43-39-37-40-44-50-55(60)59-54(57(62)63)49-46-52-58/h6,8,12,14,18,27,31,33,53-54H,3-5,7,9-11,13,15-17,19-26,28-30,32,34-52,58H2,1-2H3,(H,59,60)(H,62,63)/b8-6-,14-12-,27-18-,33-31-. The van der Waals surface area contributed by atoms with Crippen LogP contribution in [0, 0.1) is 0 Å². The average Bonchev–Trinajstić information content (AvgIpc) is 3.28. The molecule has 0 radical (unpaired) electrons. The molecular formula is C57H104N2O5. The molecule has 4 N–H and O–H groups in total. The van der Waals surface area contributed by atoms with Gasteiger partial charge in [0.15, 0.2) is 0 Å². The molecule has 0 saturated carbocycles. The van der Waals surface area contributed by atoms with Crippen molar-refractivity contribution in [1.29, 1.82) is 0 Å². The van der Waals surface area contributed by atoms with Crippen LogP contribution < -0.4 is 11.1 Å². The van der Waals surface area contributed by atoms with Crippen molar-refractivity contribution < 1.29 is 24.2 Å². The van der Waals surface area contributed by atoms with Gasteiger partial charge in [0.05, 0.1) is 0 Å². The molecule has 0 heterocycles. The van der Waals surface area contributed by atoms with Crippen LogP contribution in [0.1, 0.15) is 277 Å². The zero-order valence-corrected chi connectivity index (χ0v) is 42.1. The van der Waals surface area contributed by atoms with E-state index >= 15 is 0 Å². The smallest absolute Gasteiger partial charge is 0.326 e. The Kier molecular flexibility index (Phi) is 49.2. The summed E-state index contributed by atoms with van der Waals surface area (Å²) in [7, 11) is 0. The normalized spacial score (nSPS) is 12.9. The van der Waals surface area contributed by atoms with Crippen LogP contribution in [-0.4, -0.2) is 41.6 Å². The Bertz CT molecular complexity index is 1150. The van der Waals surface area contributed by atoms with E-state index in [0.29, 0.717) is 32.2 Å². The third-order valence-corrected chi connectivity index (χ3v) is 12.4. The first-order chi connectivity index (χ1) is 31.4. The van der Waals surface area contributed by atoms with E-state index in [-0.39, 0.29) is 18.0 Å². The Hall–Kier alpha value is -2.67. The van der Waals surface area contributed by atoms with Gasteiger partial charge < -0.3 is 20.9 Å². The largest absolute Gasteiger partial charge is 0.480 e. The third kappa shape index (κ3) is 47.3. The van der Waals surface area contributed by atoms with Crippen molar-refractivity contribution in [3.63, 3.8) is 0 Å². The number of amides is 1. The Morgan fingerprint density at radius 1 is 0.469 bits per heavy atom. The van der Waals surface area contributed by atoms with Gasteiger partial charge in [-0.2, -0.15) is 0 Å². The second kappa shape index (κ2) is 51.3. The van der Waals surface area contributed by atoms with Gasteiger partial charge in [0.1, 0.15) is 12.1 Å². The van der Waals surface area contributed by atoms with E-state index in [1.807, 2.05) is 0 Å². The lowest BCUT2D eigenvalue weighted by atomic mass is 10.0. The molecule has 0 aliphatic heterocycles. The molecule has 0 bridgehead atoms. The van der Waals surface area contributed by atoms with E-state index in [4.69, 9.17) is 10.5 Å². The van der Waals surface area contributed by atoms with Gasteiger partial charge in [-0.05, 0) is 96.4 Å². The Labute approximate surface area is 396 Å². The Morgan fingerprint density at radius 2 is 0.859 bits per heavy atom. The molecule has 0 aliphatic carbocycles. The number of hydrogen-bond acceptors (Lipinski definition) is 5. The predicted molar refractivity (Wildman–Crippen MR) is 276 cm³/mol. The molecule has 0 aliphatic rings. The summed E-state index contributed by atoms with van der Waals surface area (Å²) in [5, 5.41) is 12.0. The zero-order chi connectivity index (χ0) is 46.7. The molecule has 0 spiro atoms. The van der Waals surface area contributed by atoms with E-state index in [0.717, 1.165) is 103 Å². The second-order valence-electron chi connectivity index (χ2n) is 18.6. The number of aliphatic carboxylic acids is 1. The number of nitrogens with one attached hydrogen (secondary N) is 1. The third-order valence-electron chi connectivity index (χ3n) is 12.4. The minimum absolute atomic E-state index is 0.0262. The van der Waals surface area contributed by atoms with Gasteiger partial charge in [-0.15, -0.1) is 0 Å². The first-order valence-corrected chi connectivity index (χ1v) is 27.5. The van der Waals surface area contributed by atoms with E-state index < -0.39 is 12.0 Å². The number of esters is 1. The lowest BCUT2D eigenvalue weighted by Gasteiger charge is -2.18. The highest BCUT2D eigenvalue weighted by atomic mass is 16.5. The first kappa shape index (κ1) is 61.3. The Balaban J connectivity index is 4.24. The fourth-order valence-corrected chi connectivity index (χ4v) is 8.33. The molecular weight excluding hydrogens is 793 g/mol. The topological polar surface area (TPSA) is 119 Å². The molecule has 1 amide bonds. The highest BCUT2D eigenvalue weighted by molar-refractivity contribution is 5.83. The minimum Gasteiger partial charge on any atom is -0.480 e. The van der Waals surface area contributed by atoms with Gasteiger partial charge in [-0.1, -0.05) is 223 Å². The molecule has 0 aromatic carbocycles. The molecule has 372 valence electrons. The quantitative estimate of drug-likeness (QED) is 0.0318. The van der Waals surface area contributed by atoms with E-state index in [1.54, 1.807) is 0 Å². The van der Waals surface area contributed by atoms with Crippen LogP contribution in [-0.2, 0) is 19.1 Å². The van der Waals surface area contributed by atoms with Gasteiger partial charge in [-0.25, -0.2) is 4.79 Å². The molecule has 2 unspecified atom stereocenters. The highest BCUT2D eigenvalue weighted by Crippen LogP contribution is 2.19. The average molecular weight is 897 g/mol. The fraction of sp³-hybridized carbons (Fsp3) is 0.807. The van der Waals surface area contributed by atoms with Crippen molar-refractivity contribution in [2.24, 2.45) is 5.73 Å². The summed E-state index contributed by atoms with van der Waals surface area (Å²) in [5.41, 5.74) is 5.50. The van der Waals surface area contributed by atoms with Crippen LogP contribution in [0.2, 0.25) is 0 Å². The molecule has 0 rings (SSSR count). The summed E-state index contributed by atoms with van der Waals surface area (Å²) in [4.78, 5) is 36.6. The van der Waals surface area contributed by atoms with Crippen LogP contribution in [0.3, 0.4) is 0 Å². The summed E-state index contributed by atoms with van der Waals surface area (Å²) in [6, 6.07) is -0.863. The number of rotatable bonds is 50. The molecule has 64 heavy (non-hydrogen) atoms. The van der Waals surface area contributed by atoms with E-state index in [1.165, 1.54) is 135 Å². The highest BCUT2D eigenvalue weighted by Gasteiger charge is 2.19. The van der Waals surface area contributed by atoms with Crippen LogP contribution in [0.4, 0.5) is 0 Å². The SMILES string of the molecule is CC/C=C\C/C=C\C/C=C\C/C=C\CCCCC(CCCCCCCC(=O)NC(CCCN)C(=O)O)OC(=O)CCCCCCCCCCCCCCCCCCCCCCCCC. The summed E-state index contributed by atoms with van der Waals surface area (Å²) in [6.45, 7) is 4.86. The number of unbranched alkanes of at least 4 members (excludes halogenated alkanes) is 28. The number of carbonyl (C=O) groups excluding carboxylic acids is 2. The van der Waals surface area contributed by atoms with Crippen LogP contribution >= 0.6 is 0 Å². The number of nitrogens with two attached hydrogens (primary N) is 1. The zero-order valence-electron chi connectivity index (χ0n) is 42.1. The van der Waals surface area contributed by atoms with Crippen LogP contribution in [0.5, 0.6) is 0 Å². The fourth-order valence-electron chi connectivity index (χ4n) is 8.33. The predicted octanol–water partition coefficient (Wildman–Crippen LogP) is 16.7. The molecule has 0 fully saturated rings. The summed E-state index contributed by atoms with van der Waals surface area (Å²) in [5.74, 6) is -1.25. The number of ether oxygens (including phenoxy) is 1. The lowest BCUT2D eigenvalue weighted by Crippen LogP contribution is -2.40. The van der Waals surface area contributed by atoms with Crippen molar-refractivity contribution >= 4 is 17.8 Å². The molecule has 0 aromatic rings. The summed E-state index contributed by atoms with van der Waals surface area (Å²) >= 11 is 0. The monoisotopic (exact) mass is 897 g/mol. The van der Waals surface area contributed by atoms with Gasteiger partial charge >= 0.3 is 11.9 Å². The minimum atomic E-state index is -1.01.